The summed E-state index contributed by atoms with van der Waals surface area (Å²) in [6.45, 7) is 4.37. The lowest BCUT2D eigenvalue weighted by Gasteiger charge is -2.17. The van der Waals surface area contributed by atoms with E-state index in [9.17, 15) is 16.8 Å². The Bertz CT molecular complexity index is 738. The van der Waals surface area contributed by atoms with Gasteiger partial charge < -0.3 is 0 Å². The zero-order chi connectivity index (χ0) is 17.3. The van der Waals surface area contributed by atoms with Crippen molar-refractivity contribution in [3.63, 3.8) is 0 Å². The Morgan fingerprint density at radius 2 is 2.13 bits per heavy atom. The zero-order valence-corrected chi connectivity index (χ0v) is 16.2. The van der Waals surface area contributed by atoms with Crippen molar-refractivity contribution in [1.82, 2.24) is 9.29 Å². The lowest BCUT2D eigenvalue weighted by atomic mass is 10.1. The van der Waals surface area contributed by atoms with E-state index in [-0.39, 0.29) is 29.7 Å². The van der Waals surface area contributed by atoms with Gasteiger partial charge in [0, 0.05) is 18.3 Å². The quantitative estimate of drug-likeness (QED) is 0.721. The molecule has 1 saturated heterocycles. The van der Waals surface area contributed by atoms with Crippen molar-refractivity contribution >= 4 is 31.2 Å². The van der Waals surface area contributed by atoms with E-state index in [1.165, 1.54) is 4.31 Å². The summed E-state index contributed by atoms with van der Waals surface area (Å²) in [6, 6.07) is 0. The fraction of sp³-hybridized carbons (Fsp3) is 0.786. The van der Waals surface area contributed by atoms with Crippen molar-refractivity contribution in [3.8, 4) is 0 Å². The van der Waals surface area contributed by atoms with E-state index in [2.05, 4.69) is 18.8 Å². The second kappa shape index (κ2) is 7.16. The zero-order valence-electron chi connectivity index (χ0n) is 13.7. The first kappa shape index (κ1) is 18.8. The van der Waals surface area contributed by atoms with Crippen LogP contribution in [0.4, 0.5) is 0 Å². The van der Waals surface area contributed by atoms with Crippen LogP contribution in [-0.4, -0.2) is 50.4 Å². The monoisotopic (exact) mass is 380 g/mol. The third kappa shape index (κ3) is 5.23. The molecular formula is C14H24N2O4S3. The largest absolute Gasteiger partial charge is 0.245 e. The van der Waals surface area contributed by atoms with Crippen molar-refractivity contribution in [2.24, 2.45) is 5.92 Å². The number of sulfone groups is 1. The Morgan fingerprint density at radius 1 is 1.43 bits per heavy atom. The molecule has 0 radical (unpaired) electrons. The molecule has 1 atom stereocenters. The Balaban J connectivity index is 1.90. The maximum absolute atomic E-state index is 12.3. The highest BCUT2D eigenvalue weighted by molar-refractivity contribution is 7.91. The highest BCUT2D eigenvalue weighted by atomic mass is 32.2. The Morgan fingerprint density at radius 3 is 2.65 bits per heavy atom. The van der Waals surface area contributed by atoms with Crippen LogP contribution in [0.25, 0.3) is 0 Å². The summed E-state index contributed by atoms with van der Waals surface area (Å²) in [6.07, 6.45) is 0.978. The van der Waals surface area contributed by atoms with E-state index >= 15 is 0 Å². The molecule has 1 aromatic heterocycles. The van der Waals surface area contributed by atoms with Crippen LogP contribution in [0.1, 0.15) is 43.3 Å². The minimum Gasteiger partial charge on any atom is -0.245 e. The van der Waals surface area contributed by atoms with Gasteiger partial charge in [-0.05, 0) is 18.8 Å². The molecule has 2 heterocycles. The third-order valence-corrected chi connectivity index (χ3v) is 8.90. The first-order valence-electron chi connectivity index (χ1n) is 7.68. The van der Waals surface area contributed by atoms with Crippen molar-refractivity contribution < 1.29 is 16.8 Å². The molecule has 0 bridgehead atoms. The molecule has 6 nitrogen and oxygen atoms in total. The van der Waals surface area contributed by atoms with Crippen molar-refractivity contribution in [1.29, 1.82) is 0 Å². The fourth-order valence-corrected chi connectivity index (χ4v) is 6.57. The number of hydrogen-bond donors (Lipinski definition) is 0. The van der Waals surface area contributed by atoms with E-state index in [1.807, 2.05) is 5.38 Å². The van der Waals surface area contributed by atoms with Gasteiger partial charge in [0.15, 0.2) is 9.84 Å². The number of aromatic nitrogens is 1. The van der Waals surface area contributed by atoms with E-state index < -0.39 is 19.9 Å². The first-order chi connectivity index (χ1) is 10.6. The van der Waals surface area contributed by atoms with E-state index in [0.717, 1.165) is 10.7 Å². The fourth-order valence-electron chi connectivity index (χ4n) is 2.56. The van der Waals surface area contributed by atoms with Crippen LogP contribution in [0.2, 0.25) is 0 Å². The van der Waals surface area contributed by atoms with Gasteiger partial charge in [-0.3, -0.25) is 0 Å². The molecule has 0 saturated carbocycles. The van der Waals surface area contributed by atoms with Gasteiger partial charge in [0.2, 0.25) is 10.0 Å². The second-order valence-electron chi connectivity index (χ2n) is 6.46. The lowest BCUT2D eigenvalue weighted by molar-refractivity contribution is 0.454. The molecule has 0 amide bonds. The van der Waals surface area contributed by atoms with Crippen molar-refractivity contribution in [2.75, 3.05) is 24.3 Å². The minimum absolute atomic E-state index is 0.00907. The van der Waals surface area contributed by atoms with Crippen LogP contribution in [0.3, 0.4) is 0 Å². The molecular weight excluding hydrogens is 356 g/mol. The molecule has 1 aliphatic heterocycles. The van der Waals surface area contributed by atoms with Crippen LogP contribution in [-0.2, 0) is 26.4 Å². The number of nitrogens with zero attached hydrogens (tertiary/aromatic N) is 2. The van der Waals surface area contributed by atoms with E-state index in [4.69, 9.17) is 0 Å². The Kier molecular flexibility index (Phi) is 5.86. The average Bonchev–Trinajstić information content (AvgIpc) is 3.03. The normalized spacial score (nSPS) is 21.3. The summed E-state index contributed by atoms with van der Waals surface area (Å²) in [5.41, 5.74) is 0.758. The molecule has 0 aromatic carbocycles. The Hall–Kier alpha value is -0.510. The molecule has 0 spiro atoms. The topological polar surface area (TPSA) is 84.4 Å². The lowest BCUT2D eigenvalue weighted by Crippen LogP contribution is -2.30. The molecule has 1 unspecified atom stereocenters. The Labute approximate surface area is 142 Å². The number of thiazole rings is 1. The highest BCUT2D eigenvalue weighted by Gasteiger charge is 2.29. The minimum atomic E-state index is -3.39. The molecule has 23 heavy (non-hydrogen) atoms. The van der Waals surface area contributed by atoms with Gasteiger partial charge in [0.1, 0.15) is 0 Å². The molecule has 9 heteroatoms. The SMILES string of the molecule is CC(C)c1nc(CN(C)S(=O)(=O)CCC2CCS(=O)(=O)C2)cs1. The van der Waals surface area contributed by atoms with Gasteiger partial charge in [0.25, 0.3) is 0 Å². The second-order valence-corrected chi connectivity index (χ2v) is 11.8. The van der Waals surface area contributed by atoms with Gasteiger partial charge in [0.05, 0.1) is 34.5 Å². The number of hydrogen-bond acceptors (Lipinski definition) is 6. The van der Waals surface area contributed by atoms with Crippen molar-refractivity contribution in [2.45, 2.75) is 39.2 Å². The molecule has 0 aliphatic carbocycles. The highest BCUT2D eigenvalue weighted by Crippen LogP contribution is 2.23. The van der Waals surface area contributed by atoms with Crippen molar-refractivity contribution in [3.05, 3.63) is 16.1 Å². The van der Waals surface area contributed by atoms with Crippen LogP contribution < -0.4 is 0 Å². The van der Waals surface area contributed by atoms with E-state index in [1.54, 1.807) is 18.4 Å². The van der Waals surface area contributed by atoms with E-state index in [0.29, 0.717) is 18.8 Å². The van der Waals surface area contributed by atoms with Crippen LogP contribution in [0.15, 0.2) is 5.38 Å². The van der Waals surface area contributed by atoms with Gasteiger partial charge >= 0.3 is 0 Å². The smallest absolute Gasteiger partial charge is 0.214 e. The van der Waals surface area contributed by atoms with Crippen LogP contribution >= 0.6 is 11.3 Å². The molecule has 0 N–H and O–H groups in total. The maximum atomic E-state index is 12.3. The van der Waals surface area contributed by atoms with Crippen LogP contribution in [0, 0.1) is 5.92 Å². The van der Waals surface area contributed by atoms with Gasteiger partial charge in [-0.25, -0.2) is 21.8 Å². The summed E-state index contributed by atoms with van der Waals surface area (Å²) in [5.74, 6) is 0.598. The maximum Gasteiger partial charge on any atom is 0.214 e. The molecule has 1 aliphatic rings. The molecule has 132 valence electrons. The third-order valence-electron chi connectivity index (χ3n) is 4.03. The molecule has 1 fully saturated rings. The molecule has 2 rings (SSSR count). The summed E-state index contributed by atoms with van der Waals surface area (Å²) in [5, 5.41) is 2.90. The van der Waals surface area contributed by atoms with Gasteiger partial charge in [-0.2, -0.15) is 4.31 Å². The first-order valence-corrected chi connectivity index (χ1v) is 12.0. The summed E-state index contributed by atoms with van der Waals surface area (Å²) in [7, 11) is -4.79. The molecule has 1 aromatic rings. The number of sulfonamides is 1. The number of rotatable bonds is 7. The predicted octanol–water partition coefficient (Wildman–Crippen LogP) is 1.85. The van der Waals surface area contributed by atoms with Gasteiger partial charge in [-0.1, -0.05) is 13.8 Å². The predicted molar refractivity (Wildman–Crippen MR) is 92.8 cm³/mol. The average molecular weight is 381 g/mol. The summed E-state index contributed by atoms with van der Waals surface area (Å²) in [4.78, 5) is 4.45. The van der Waals surface area contributed by atoms with Crippen LogP contribution in [0.5, 0.6) is 0 Å². The summed E-state index contributed by atoms with van der Waals surface area (Å²) < 4.78 is 48.9. The van der Waals surface area contributed by atoms with Gasteiger partial charge in [-0.15, -0.1) is 11.3 Å². The summed E-state index contributed by atoms with van der Waals surface area (Å²) >= 11 is 1.54. The standard InChI is InChI=1S/C14H24N2O4S3/c1-11(2)14-15-13(9-21-14)8-16(3)23(19,20)7-5-12-4-6-22(17,18)10-12/h9,11-12H,4-8,10H2,1-3H3.